The molecule has 7 nitrogen and oxygen atoms in total. The third-order valence-corrected chi connectivity index (χ3v) is 4.37. The van der Waals surface area contributed by atoms with Gasteiger partial charge in [0, 0.05) is 38.8 Å². The van der Waals surface area contributed by atoms with E-state index in [-0.39, 0.29) is 0 Å². The molecule has 28 heavy (non-hydrogen) atoms. The highest BCUT2D eigenvalue weighted by Crippen LogP contribution is 2.28. The Bertz CT molecular complexity index is 808. The Labute approximate surface area is 166 Å². The van der Waals surface area contributed by atoms with Crippen LogP contribution in [0.5, 0.6) is 23.0 Å². The van der Waals surface area contributed by atoms with Gasteiger partial charge in [-0.15, -0.1) is 0 Å². The molecule has 0 amide bonds. The molecule has 0 saturated carbocycles. The molecule has 0 saturated heterocycles. The lowest BCUT2D eigenvalue weighted by molar-refractivity contribution is 0.354. The molecule has 2 aromatic carbocycles. The molecule has 0 bridgehead atoms. The number of aliphatic imine (C=N–C) groups is 1. The Morgan fingerprint density at radius 2 is 1.61 bits per heavy atom. The lowest BCUT2D eigenvalue weighted by Gasteiger charge is -2.23. The van der Waals surface area contributed by atoms with E-state index in [9.17, 15) is 0 Å². The molecule has 0 aliphatic rings. The highest BCUT2D eigenvalue weighted by atomic mass is 16.5. The van der Waals surface area contributed by atoms with E-state index in [1.807, 2.05) is 48.3 Å². The monoisotopic (exact) mass is 387 g/mol. The minimum atomic E-state index is 0.608. The Morgan fingerprint density at radius 1 is 0.893 bits per heavy atom. The molecule has 152 valence electrons. The van der Waals surface area contributed by atoms with Crippen molar-refractivity contribution >= 4 is 5.96 Å². The topological polar surface area (TPSA) is 64.6 Å². The lowest BCUT2D eigenvalue weighted by atomic mass is 10.2. The van der Waals surface area contributed by atoms with Gasteiger partial charge in [-0.2, -0.15) is 0 Å². The van der Waals surface area contributed by atoms with Gasteiger partial charge in [0.2, 0.25) is 0 Å². The molecule has 0 fully saturated rings. The molecule has 7 heteroatoms. The maximum absolute atomic E-state index is 5.49. The molecule has 1 N–H and O–H groups in total. The van der Waals surface area contributed by atoms with Crippen LogP contribution < -0.4 is 24.3 Å². The van der Waals surface area contributed by atoms with Crippen LogP contribution in [0.25, 0.3) is 0 Å². The quantitative estimate of drug-likeness (QED) is 0.555. The predicted molar refractivity (Wildman–Crippen MR) is 111 cm³/mol. The van der Waals surface area contributed by atoms with Crippen LogP contribution in [0.3, 0.4) is 0 Å². The Kier molecular flexibility index (Phi) is 7.80. The van der Waals surface area contributed by atoms with Crippen molar-refractivity contribution in [2.45, 2.75) is 13.1 Å². The van der Waals surface area contributed by atoms with Crippen LogP contribution >= 0.6 is 0 Å². The number of nitrogens with one attached hydrogen (secondary N) is 1. The van der Waals surface area contributed by atoms with Gasteiger partial charge in [0.25, 0.3) is 0 Å². The van der Waals surface area contributed by atoms with Crippen LogP contribution in [-0.4, -0.2) is 53.4 Å². The largest absolute Gasteiger partial charge is 0.497 e. The normalized spacial score (nSPS) is 11.0. The maximum atomic E-state index is 5.49. The molecular formula is C21H29N3O4. The van der Waals surface area contributed by atoms with E-state index in [0.29, 0.717) is 24.6 Å². The zero-order valence-electron chi connectivity index (χ0n) is 17.4. The van der Waals surface area contributed by atoms with Crippen molar-refractivity contribution in [3.63, 3.8) is 0 Å². The number of guanidine groups is 1. The van der Waals surface area contributed by atoms with Gasteiger partial charge in [0.15, 0.2) is 17.5 Å². The number of hydrogen-bond acceptors (Lipinski definition) is 5. The minimum absolute atomic E-state index is 0.608. The van der Waals surface area contributed by atoms with Crippen molar-refractivity contribution < 1.29 is 18.9 Å². The molecule has 0 heterocycles. The zero-order chi connectivity index (χ0) is 20.5. The van der Waals surface area contributed by atoms with E-state index in [4.69, 9.17) is 18.9 Å². The predicted octanol–water partition coefficient (Wildman–Crippen LogP) is 2.93. The average molecular weight is 387 g/mol. The van der Waals surface area contributed by atoms with Gasteiger partial charge in [-0.05, 0) is 29.8 Å². The first-order valence-electron chi connectivity index (χ1n) is 8.89. The number of nitrogens with zero attached hydrogens (tertiary/aromatic N) is 2. The Morgan fingerprint density at radius 3 is 2.21 bits per heavy atom. The zero-order valence-corrected chi connectivity index (χ0v) is 17.4. The average Bonchev–Trinajstić information content (AvgIpc) is 2.74. The number of benzene rings is 2. The van der Waals surface area contributed by atoms with Crippen LogP contribution in [0.15, 0.2) is 41.4 Å². The number of rotatable bonds is 8. The van der Waals surface area contributed by atoms with Crippen molar-refractivity contribution in [3.05, 3.63) is 47.5 Å². The molecule has 2 rings (SSSR count). The van der Waals surface area contributed by atoms with Crippen molar-refractivity contribution in [1.82, 2.24) is 10.2 Å². The van der Waals surface area contributed by atoms with Crippen LogP contribution in [0.2, 0.25) is 0 Å². The molecule has 2 aromatic rings. The van der Waals surface area contributed by atoms with E-state index in [0.717, 1.165) is 28.6 Å². The van der Waals surface area contributed by atoms with Crippen molar-refractivity contribution in [3.8, 4) is 23.0 Å². The summed E-state index contributed by atoms with van der Waals surface area (Å²) in [7, 11) is 10.3. The molecular weight excluding hydrogens is 358 g/mol. The summed E-state index contributed by atoms with van der Waals surface area (Å²) < 4.78 is 21.4. The fourth-order valence-electron chi connectivity index (χ4n) is 2.87. The Balaban J connectivity index is 2.05. The van der Waals surface area contributed by atoms with E-state index >= 15 is 0 Å². The summed E-state index contributed by atoms with van der Waals surface area (Å²) in [5.41, 5.74) is 2.11. The Hall–Kier alpha value is -3.09. The summed E-state index contributed by atoms with van der Waals surface area (Å²) >= 11 is 0. The smallest absolute Gasteiger partial charge is 0.193 e. The first kappa shape index (κ1) is 21.2. The molecule has 0 aliphatic carbocycles. The highest BCUT2D eigenvalue weighted by molar-refractivity contribution is 5.79. The molecule has 0 radical (unpaired) electrons. The summed E-state index contributed by atoms with van der Waals surface area (Å²) in [5.74, 6) is 3.72. The van der Waals surface area contributed by atoms with Crippen LogP contribution in [0.1, 0.15) is 11.1 Å². The second-order valence-electron chi connectivity index (χ2n) is 6.12. The van der Waals surface area contributed by atoms with E-state index in [2.05, 4.69) is 10.3 Å². The van der Waals surface area contributed by atoms with Gasteiger partial charge in [0.05, 0.1) is 28.4 Å². The second kappa shape index (κ2) is 10.3. The number of hydrogen-bond donors (Lipinski definition) is 1. The summed E-state index contributed by atoms with van der Waals surface area (Å²) in [6.07, 6.45) is 0. The van der Waals surface area contributed by atoms with Crippen molar-refractivity contribution in [2.24, 2.45) is 4.99 Å². The van der Waals surface area contributed by atoms with Crippen LogP contribution in [0, 0.1) is 0 Å². The van der Waals surface area contributed by atoms with Gasteiger partial charge < -0.3 is 29.2 Å². The highest BCUT2D eigenvalue weighted by Gasteiger charge is 2.12. The summed E-state index contributed by atoms with van der Waals surface area (Å²) in [6, 6.07) is 11.6. The van der Waals surface area contributed by atoms with Gasteiger partial charge in [0.1, 0.15) is 11.5 Å². The van der Waals surface area contributed by atoms with E-state index in [1.54, 1.807) is 35.5 Å². The molecule has 0 aromatic heterocycles. The molecule has 0 aliphatic heterocycles. The summed E-state index contributed by atoms with van der Waals surface area (Å²) in [5, 5.41) is 3.37. The first-order chi connectivity index (χ1) is 13.6. The van der Waals surface area contributed by atoms with Crippen molar-refractivity contribution in [2.75, 3.05) is 42.5 Å². The minimum Gasteiger partial charge on any atom is -0.497 e. The van der Waals surface area contributed by atoms with E-state index < -0.39 is 0 Å². The first-order valence-corrected chi connectivity index (χ1v) is 8.89. The van der Waals surface area contributed by atoms with Crippen LogP contribution in [0.4, 0.5) is 0 Å². The molecule has 0 atom stereocenters. The summed E-state index contributed by atoms with van der Waals surface area (Å²) in [4.78, 5) is 6.41. The maximum Gasteiger partial charge on any atom is 0.193 e. The lowest BCUT2D eigenvalue weighted by Crippen LogP contribution is -2.38. The van der Waals surface area contributed by atoms with Crippen LogP contribution in [-0.2, 0) is 13.1 Å². The molecule has 0 spiro atoms. The van der Waals surface area contributed by atoms with E-state index in [1.165, 1.54) is 0 Å². The SMILES string of the molecule is CN=C(NCc1ccc(OC)c(OC)c1)N(C)Cc1ccc(OC)cc1OC. The number of methoxy groups -OCH3 is 4. The van der Waals surface area contributed by atoms with Crippen molar-refractivity contribution in [1.29, 1.82) is 0 Å². The number of ether oxygens (including phenoxy) is 4. The van der Waals surface area contributed by atoms with Gasteiger partial charge >= 0.3 is 0 Å². The third kappa shape index (κ3) is 5.22. The van der Waals surface area contributed by atoms with Gasteiger partial charge in [-0.25, -0.2) is 0 Å². The fraction of sp³-hybridized carbons (Fsp3) is 0.381. The molecule has 0 unspecified atom stereocenters. The second-order valence-corrected chi connectivity index (χ2v) is 6.12. The fourth-order valence-corrected chi connectivity index (χ4v) is 2.87. The standard InChI is InChI=1S/C21H29N3O4/c1-22-21(23-13-15-7-10-18(26-4)20(11-15)28-6)24(2)14-16-8-9-17(25-3)12-19(16)27-5/h7-12H,13-14H2,1-6H3,(H,22,23). The summed E-state index contributed by atoms with van der Waals surface area (Å²) in [6.45, 7) is 1.25. The van der Waals surface area contributed by atoms with Gasteiger partial charge in [-0.1, -0.05) is 6.07 Å². The third-order valence-electron chi connectivity index (χ3n) is 4.37. The van der Waals surface area contributed by atoms with Gasteiger partial charge in [-0.3, -0.25) is 4.99 Å².